The van der Waals surface area contributed by atoms with Gasteiger partial charge in [0.1, 0.15) is 17.3 Å². The van der Waals surface area contributed by atoms with Crippen molar-refractivity contribution in [2.24, 2.45) is 0 Å². The first kappa shape index (κ1) is 18.6. The average molecular weight is 360 g/mol. The van der Waals surface area contributed by atoms with E-state index in [4.69, 9.17) is 0 Å². The quantitative estimate of drug-likeness (QED) is 0.716. The largest absolute Gasteiger partial charge is 0.347 e. The predicted octanol–water partition coefficient (Wildman–Crippen LogP) is 4.18. The lowest BCUT2D eigenvalue weighted by molar-refractivity contribution is 0.0945. The lowest BCUT2D eigenvalue weighted by Gasteiger charge is -2.22. The van der Waals surface area contributed by atoms with Gasteiger partial charge in [-0.1, -0.05) is 48.0 Å². The van der Waals surface area contributed by atoms with E-state index < -0.39 is 0 Å². The molecule has 3 aromatic rings. The molecule has 0 aliphatic heterocycles. The number of rotatable bonds is 6. The van der Waals surface area contributed by atoms with Gasteiger partial charge in [-0.05, 0) is 38.5 Å². The van der Waals surface area contributed by atoms with Crippen LogP contribution in [0, 0.1) is 13.8 Å². The van der Waals surface area contributed by atoms with Crippen LogP contribution in [0.4, 0.5) is 11.5 Å². The summed E-state index contributed by atoms with van der Waals surface area (Å²) >= 11 is 0. The molecule has 27 heavy (non-hydrogen) atoms. The molecule has 0 saturated carbocycles. The van der Waals surface area contributed by atoms with E-state index >= 15 is 0 Å². The first-order chi connectivity index (χ1) is 13.1. The maximum atomic E-state index is 12.6. The SMILES string of the molecule is CCN(c1ccccc1)c1cc(C(=O)NCc2ccc(C)cc2)nc(C)n1. The van der Waals surface area contributed by atoms with Gasteiger partial charge in [-0.3, -0.25) is 4.79 Å². The Morgan fingerprint density at radius 2 is 1.70 bits per heavy atom. The molecule has 0 fully saturated rings. The highest BCUT2D eigenvalue weighted by Gasteiger charge is 2.15. The number of aryl methyl sites for hydroxylation is 2. The number of hydrogen-bond donors (Lipinski definition) is 1. The monoisotopic (exact) mass is 360 g/mol. The number of amides is 1. The second kappa shape index (κ2) is 8.45. The van der Waals surface area contributed by atoms with Crippen LogP contribution >= 0.6 is 0 Å². The number of aromatic nitrogens is 2. The molecule has 0 unspecified atom stereocenters. The summed E-state index contributed by atoms with van der Waals surface area (Å²) in [5.74, 6) is 1.09. The van der Waals surface area contributed by atoms with Crippen molar-refractivity contribution in [3.63, 3.8) is 0 Å². The fourth-order valence-electron chi connectivity index (χ4n) is 2.87. The molecular weight excluding hydrogens is 336 g/mol. The van der Waals surface area contributed by atoms with Crippen molar-refractivity contribution in [3.05, 3.63) is 83.3 Å². The molecule has 0 atom stereocenters. The predicted molar refractivity (Wildman–Crippen MR) is 108 cm³/mol. The summed E-state index contributed by atoms with van der Waals surface area (Å²) < 4.78 is 0. The molecule has 5 heteroatoms. The molecule has 3 rings (SSSR count). The average Bonchev–Trinajstić information content (AvgIpc) is 2.68. The van der Waals surface area contributed by atoms with Gasteiger partial charge in [-0.25, -0.2) is 9.97 Å². The van der Waals surface area contributed by atoms with Crippen LogP contribution in [-0.4, -0.2) is 22.4 Å². The molecule has 138 valence electrons. The van der Waals surface area contributed by atoms with Crippen molar-refractivity contribution in [2.75, 3.05) is 11.4 Å². The molecule has 0 bridgehead atoms. The zero-order valence-electron chi connectivity index (χ0n) is 15.9. The van der Waals surface area contributed by atoms with Crippen LogP contribution in [0.1, 0.15) is 34.4 Å². The second-order valence-corrected chi connectivity index (χ2v) is 6.41. The highest BCUT2D eigenvalue weighted by atomic mass is 16.1. The van der Waals surface area contributed by atoms with Crippen LogP contribution in [0.2, 0.25) is 0 Å². The topological polar surface area (TPSA) is 58.1 Å². The highest BCUT2D eigenvalue weighted by molar-refractivity contribution is 5.93. The van der Waals surface area contributed by atoms with Crippen LogP contribution in [-0.2, 0) is 6.54 Å². The van der Waals surface area contributed by atoms with E-state index in [0.29, 0.717) is 18.1 Å². The molecule has 0 aliphatic carbocycles. The summed E-state index contributed by atoms with van der Waals surface area (Å²) in [4.78, 5) is 23.5. The third-order valence-electron chi connectivity index (χ3n) is 4.29. The Bertz CT molecular complexity index is 907. The van der Waals surface area contributed by atoms with Gasteiger partial charge in [-0.15, -0.1) is 0 Å². The van der Waals surface area contributed by atoms with E-state index in [0.717, 1.165) is 23.6 Å². The summed E-state index contributed by atoms with van der Waals surface area (Å²) in [6.45, 7) is 7.11. The second-order valence-electron chi connectivity index (χ2n) is 6.41. The number of hydrogen-bond acceptors (Lipinski definition) is 4. The Kier molecular flexibility index (Phi) is 5.81. The number of anilines is 2. The van der Waals surface area contributed by atoms with Crippen molar-refractivity contribution < 1.29 is 4.79 Å². The van der Waals surface area contributed by atoms with Gasteiger partial charge >= 0.3 is 0 Å². The number of benzene rings is 2. The van der Waals surface area contributed by atoms with E-state index in [2.05, 4.69) is 27.1 Å². The van der Waals surface area contributed by atoms with Crippen molar-refractivity contribution in [1.82, 2.24) is 15.3 Å². The van der Waals surface area contributed by atoms with Crippen LogP contribution in [0.5, 0.6) is 0 Å². The molecule has 1 amide bonds. The third kappa shape index (κ3) is 4.70. The van der Waals surface area contributed by atoms with Gasteiger partial charge in [0.25, 0.3) is 5.91 Å². The molecule has 1 heterocycles. The first-order valence-corrected chi connectivity index (χ1v) is 9.09. The smallest absolute Gasteiger partial charge is 0.270 e. The normalized spacial score (nSPS) is 10.5. The van der Waals surface area contributed by atoms with Gasteiger partial charge in [-0.2, -0.15) is 0 Å². The number of nitrogens with one attached hydrogen (secondary N) is 1. The minimum absolute atomic E-state index is 0.202. The van der Waals surface area contributed by atoms with Gasteiger partial charge in [0, 0.05) is 24.8 Å². The number of carbonyl (C=O) groups is 1. The standard InChI is InChI=1S/C22H24N4O/c1-4-26(19-8-6-5-7-9-19)21-14-20(24-17(3)25-21)22(27)23-15-18-12-10-16(2)11-13-18/h5-14H,4,15H2,1-3H3,(H,23,27). The zero-order valence-corrected chi connectivity index (χ0v) is 15.9. The van der Waals surface area contributed by atoms with Gasteiger partial charge in [0.2, 0.25) is 0 Å². The van der Waals surface area contributed by atoms with Crippen molar-refractivity contribution in [3.8, 4) is 0 Å². The summed E-state index contributed by atoms with van der Waals surface area (Å²) in [5.41, 5.74) is 3.66. The fourth-order valence-corrected chi connectivity index (χ4v) is 2.87. The lowest BCUT2D eigenvalue weighted by atomic mass is 10.1. The van der Waals surface area contributed by atoms with Crippen LogP contribution < -0.4 is 10.2 Å². The minimum Gasteiger partial charge on any atom is -0.347 e. The number of nitrogens with zero attached hydrogens (tertiary/aromatic N) is 3. The maximum absolute atomic E-state index is 12.6. The van der Waals surface area contributed by atoms with E-state index in [1.807, 2.05) is 61.5 Å². The molecule has 0 saturated heterocycles. The Morgan fingerprint density at radius 3 is 2.37 bits per heavy atom. The van der Waals surface area contributed by atoms with Crippen LogP contribution in [0.15, 0.2) is 60.7 Å². The van der Waals surface area contributed by atoms with Gasteiger partial charge in [0.15, 0.2) is 0 Å². The summed E-state index contributed by atoms with van der Waals surface area (Å²) in [5, 5.41) is 2.94. The van der Waals surface area contributed by atoms with Crippen LogP contribution in [0.25, 0.3) is 0 Å². The molecule has 0 radical (unpaired) electrons. The zero-order chi connectivity index (χ0) is 19.2. The lowest BCUT2D eigenvalue weighted by Crippen LogP contribution is -2.25. The van der Waals surface area contributed by atoms with Crippen molar-refractivity contribution in [1.29, 1.82) is 0 Å². The van der Waals surface area contributed by atoms with Crippen molar-refractivity contribution >= 4 is 17.4 Å². The molecule has 0 aliphatic rings. The molecule has 1 N–H and O–H groups in total. The van der Waals surface area contributed by atoms with Gasteiger partial charge < -0.3 is 10.2 Å². The molecule has 1 aromatic heterocycles. The Hall–Kier alpha value is -3.21. The first-order valence-electron chi connectivity index (χ1n) is 9.09. The summed E-state index contributed by atoms with van der Waals surface area (Å²) in [6.07, 6.45) is 0. The molecule has 2 aromatic carbocycles. The van der Waals surface area contributed by atoms with E-state index in [-0.39, 0.29) is 5.91 Å². The molecule has 5 nitrogen and oxygen atoms in total. The van der Waals surface area contributed by atoms with Gasteiger partial charge in [0.05, 0.1) is 0 Å². The maximum Gasteiger partial charge on any atom is 0.270 e. The third-order valence-corrected chi connectivity index (χ3v) is 4.29. The summed E-state index contributed by atoms with van der Waals surface area (Å²) in [7, 11) is 0. The van der Waals surface area contributed by atoms with E-state index in [1.54, 1.807) is 13.0 Å². The minimum atomic E-state index is -0.202. The van der Waals surface area contributed by atoms with Crippen molar-refractivity contribution in [2.45, 2.75) is 27.3 Å². The Labute approximate surface area is 160 Å². The number of carbonyl (C=O) groups excluding carboxylic acids is 1. The highest BCUT2D eigenvalue weighted by Crippen LogP contribution is 2.23. The van der Waals surface area contributed by atoms with E-state index in [9.17, 15) is 4.79 Å². The fraction of sp³-hybridized carbons (Fsp3) is 0.227. The van der Waals surface area contributed by atoms with Crippen LogP contribution in [0.3, 0.4) is 0 Å². The summed E-state index contributed by atoms with van der Waals surface area (Å²) in [6, 6.07) is 19.8. The Morgan fingerprint density at radius 1 is 1.00 bits per heavy atom. The van der Waals surface area contributed by atoms with E-state index in [1.165, 1.54) is 5.56 Å². The number of para-hydroxylation sites is 1. The molecular formula is C22H24N4O. The molecule has 0 spiro atoms. The Balaban J connectivity index is 1.79.